The van der Waals surface area contributed by atoms with Crippen LogP contribution in [0.3, 0.4) is 0 Å². The van der Waals surface area contributed by atoms with Gasteiger partial charge in [0.1, 0.15) is 10.6 Å². The first-order valence-corrected chi connectivity index (χ1v) is 10.3. The summed E-state index contributed by atoms with van der Waals surface area (Å²) < 4.78 is 0. The Balaban J connectivity index is 1.48. The molecule has 0 radical (unpaired) electrons. The quantitative estimate of drug-likeness (QED) is 0.625. The fourth-order valence-corrected chi connectivity index (χ4v) is 4.66. The Morgan fingerprint density at radius 2 is 1.75 bits per heavy atom. The van der Waals surface area contributed by atoms with Crippen molar-refractivity contribution in [1.29, 1.82) is 0 Å². The lowest BCUT2D eigenvalue weighted by molar-refractivity contribution is -0.384. The number of hydrogen-bond donors (Lipinski definition) is 1. The number of nitro groups is 1. The van der Waals surface area contributed by atoms with E-state index in [2.05, 4.69) is 9.80 Å². The van der Waals surface area contributed by atoms with Gasteiger partial charge in [0.25, 0.3) is 11.6 Å². The highest BCUT2D eigenvalue weighted by atomic mass is 32.1. The minimum atomic E-state index is -0.306. The lowest BCUT2D eigenvalue weighted by atomic mass is 10.2. The molecule has 2 fully saturated rings. The van der Waals surface area contributed by atoms with Crippen molar-refractivity contribution in [2.75, 3.05) is 54.8 Å². The number of piperazine rings is 1. The van der Waals surface area contributed by atoms with Gasteiger partial charge in [-0.05, 0) is 36.4 Å². The third-order valence-electron chi connectivity index (χ3n) is 5.42. The summed E-state index contributed by atoms with van der Waals surface area (Å²) in [4.78, 5) is 30.5. The van der Waals surface area contributed by atoms with Crippen molar-refractivity contribution in [3.8, 4) is 0 Å². The summed E-state index contributed by atoms with van der Waals surface area (Å²) in [5.74, 6) is -0.0198. The number of thiophene rings is 1. The highest BCUT2D eigenvalue weighted by Crippen LogP contribution is 2.35. The highest BCUT2D eigenvalue weighted by molar-refractivity contribution is 7.12. The van der Waals surface area contributed by atoms with Crippen molar-refractivity contribution in [3.05, 3.63) is 44.6 Å². The number of nitrogens with zero attached hydrogens (tertiary/aromatic N) is 4. The molecule has 0 atom stereocenters. The maximum Gasteiger partial charge on any atom is 0.292 e. The maximum atomic E-state index is 12.6. The van der Waals surface area contributed by atoms with Gasteiger partial charge >= 0.3 is 0 Å². The smallest absolute Gasteiger partial charge is 0.292 e. The van der Waals surface area contributed by atoms with Crippen LogP contribution in [-0.2, 0) is 0 Å². The Hall–Kier alpha value is -2.81. The zero-order valence-electron chi connectivity index (χ0n) is 15.5. The van der Waals surface area contributed by atoms with Gasteiger partial charge in [0.05, 0.1) is 10.6 Å². The summed E-state index contributed by atoms with van der Waals surface area (Å²) >= 11 is 1.37. The van der Waals surface area contributed by atoms with Crippen molar-refractivity contribution < 1.29 is 9.72 Å². The normalized spacial score (nSPS) is 17.2. The average molecular weight is 401 g/mol. The van der Waals surface area contributed by atoms with E-state index in [9.17, 15) is 14.9 Å². The summed E-state index contributed by atoms with van der Waals surface area (Å²) in [5, 5.41) is 13.3. The van der Waals surface area contributed by atoms with Crippen LogP contribution in [0.25, 0.3) is 0 Å². The summed E-state index contributed by atoms with van der Waals surface area (Å²) in [6.07, 6.45) is 2.13. The highest BCUT2D eigenvalue weighted by Gasteiger charge is 2.27. The van der Waals surface area contributed by atoms with Gasteiger partial charge in [-0.3, -0.25) is 14.9 Å². The molecular weight excluding hydrogens is 378 g/mol. The van der Waals surface area contributed by atoms with Gasteiger partial charge in [-0.2, -0.15) is 0 Å². The third-order valence-corrected chi connectivity index (χ3v) is 6.34. The lowest BCUT2D eigenvalue weighted by Gasteiger charge is -2.36. The van der Waals surface area contributed by atoms with E-state index in [0.29, 0.717) is 42.4 Å². The number of nitrogens with two attached hydrogens (primary N) is 1. The molecule has 1 amide bonds. The first-order valence-electron chi connectivity index (χ1n) is 9.45. The van der Waals surface area contributed by atoms with Gasteiger partial charge in [0.2, 0.25) is 0 Å². The monoisotopic (exact) mass is 401 g/mol. The second-order valence-electron chi connectivity index (χ2n) is 7.11. The van der Waals surface area contributed by atoms with E-state index in [1.54, 1.807) is 12.1 Å². The van der Waals surface area contributed by atoms with E-state index >= 15 is 0 Å². The minimum absolute atomic E-state index is 0.0198. The molecule has 0 aliphatic carbocycles. The molecule has 2 saturated heterocycles. The standard InChI is InChI=1S/C19H23N5O3S/c20-15-5-12-28-18(15)19(25)23-10-8-21(9-11-23)14-3-4-16(24(26)27)17(13-14)22-6-1-2-7-22/h3-5,12-13H,1-2,6-11,20H2. The predicted molar refractivity (Wildman–Crippen MR) is 111 cm³/mol. The molecule has 2 aliphatic rings. The Bertz CT molecular complexity index is 885. The maximum absolute atomic E-state index is 12.6. The van der Waals surface area contributed by atoms with Crippen LogP contribution in [0.15, 0.2) is 29.6 Å². The molecule has 0 unspecified atom stereocenters. The predicted octanol–water partition coefficient (Wildman–Crippen LogP) is 2.80. The van der Waals surface area contributed by atoms with Crippen molar-refractivity contribution in [1.82, 2.24) is 4.90 Å². The number of hydrogen-bond acceptors (Lipinski definition) is 7. The molecule has 148 valence electrons. The van der Waals surface area contributed by atoms with Gasteiger partial charge in [-0.25, -0.2) is 0 Å². The van der Waals surface area contributed by atoms with Crippen molar-refractivity contribution in [2.24, 2.45) is 0 Å². The van der Waals surface area contributed by atoms with Gasteiger partial charge in [0, 0.05) is 51.0 Å². The molecule has 0 saturated carbocycles. The number of rotatable bonds is 4. The minimum Gasteiger partial charge on any atom is -0.397 e. The molecule has 2 aromatic rings. The first kappa shape index (κ1) is 18.5. The molecule has 2 N–H and O–H groups in total. The van der Waals surface area contributed by atoms with E-state index < -0.39 is 0 Å². The topological polar surface area (TPSA) is 96.0 Å². The number of benzene rings is 1. The van der Waals surface area contributed by atoms with E-state index in [1.807, 2.05) is 22.4 Å². The van der Waals surface area contributed by atoms with Gasteiger partial charge in [0.15, 0.2) is 0 Å². The Morgan fingerprint density at radius 1 is 1.04 bits per heavy atom. The lowest BCUT2D eigenvalue weighted by Crippen LogP contribution is -2.48. The van der Waals surface area contributed by atoms with Crippen LogP contribution in [0.1, 0.15) is 22.5 Å². The summed E-state index contributed by atoms with van der Waals surface area (Å²) in [7, 11) is 0. The summed E-state index contributed by atoms with van der Waals surface area (Å²) in [6.45, 7) is 4.30. The molecule has 4 rings (SSSR count). The molecule has 28 heavy (non-hydrogen) atoms. The van der Waals surface area contributed by atoms with Gasteiger partial charge in [-0.1, -0.05) is 0 Å². The van der Waals surface area contributed by atoms with Crippen LogP contribution in [0.2, 0.25) is 0 Å². The number of amides is 1. The van der Waals surface area contributed by atoms with Crippen molar-refractivity contribution >= 4 is 40.0 Å². The number of carbonyl (C=O) groups excluding carboxylic acids is 1. The zero-order chi connectivity index (χ0) is 19.7. The van der Waals surface area contributed by atoms with Crippen LogP contribution in [0.5, 0.6) is 0 Å². The SMILES string of the molecule is Nc1ccsc1C(=O)N1CCN(c2ccc([N+](=O)[O-])c(N3CCCC3)c2)CC1. The fourth-order valence-electron chi connectivity index (χ4n) is 3.88. The molecule has 1 aromatic heterocycles. The number of carbonyl (C=O) groups is 1. The molecule has 2 aliphatic heterocycles. The summed E-state index contributed by atoms with van der Waals surface area (Å²) in [6, 6.07) is 7.10. The molecular formula is C19H23N5O3S. The third kappa shape index (κ3) is 3.49. The van der Waals surface area contributed by atoms with E-state index in [4.69, 9.17) is 5.73 Å². The number of nitro benzene ring substituents is 1. The van der Waals surface area contributed by atoms with Crippen LogP contribution in [0.4, 0.5) is 22.7 Å². The van der Waals surface area contributed by atoms with Crippen LogP contribution in [0, 0.1) is 10.1 Å². The molecule has 0 bridgehead atoms. The molecule has 3 heterocycles. The largest absolute Gasteiger partial charge is 0.397 e. The van der Waals surface area contributed by atoms with E-state index in [0.717, 1.165) is 31.6 Å². The number of anilines is 3. The Kier molecular flexibility index (Phi) is 5.08. The van der Waals surface area contributed by atoms with E-state index in [1.165, 1.54) is 11.3 Å². The van der Waals surface area contributed by atoms with Gasteiger partial charge in [-0.15, -0.1) is 11.3 Å². The second kappa shape index (κ2) is 7.67. The second-order valence-corrected chi connectivity index (χ2v) is 8.02. The van der Waals surface area contributed by atoms with E-state index in [-0.39, 0.29) is 16.5 Å². The van der Waals surface area contributed by atoms with Crippen LogP contribution >= 0.6 is 11.3 Å². The van der Waals surface area contributed by atoms with Gasteiger partial charge < -0.3 is 20.4 Å². The first-order chi connectivity index (χ1) is 13.5. The fraction of sp³-hybridized carbons (Fsp3) is 0.421. The Labute approximate surface area is 167 Å². The van der Waals surface area contributed by atoms with Crippen LogP contribution < -0.4 is 15.5 Å². The van der Waals surface area contributed by atoms with Crippen molar-refractivity contribution in [2.45, 2.75) is 12.8 Å². The molecule has 0 spiro atoms. The van der Waals surface area contributed by atoms with Crippen molar-refractivity contribution in [3.63, 3.8) is 0 Å². The zero-order valence-corrected chi connectivity index (χ0v) is 16.4. The molecule has 8 nitrogen and oxygen atoms in total. The Morgan fingerprint density at radius 3 is 2.36 bits per heavy atom. The summed E-state index contributed by atoms with van der Waals surface area (Å²) in [5.41, 5.74) is 8.23. The number of nitrogen functional groups attached to an aromatic ring is 1. The average Bonchev–Trinajstić information content (AvgIpc) is 3.39. The molecule has 9 heteroatoms. The molecule has 1 aromatic carbocycles. The van der Waals surface area contributed by atoms with Crippen LogP contribution in [-0.4, -0.2) is 55.0 Å².